The zero-order chi connectivity index (χ0) is 21.9. The van der Waals surface area contributed by atoms with Crippen LogP contribution in [0.25, 0.3) is 17.3 Å². The largest absolute Gasteiger partial charge is 0.335 e. The highest BCUT2D eigenvalue weighted by molar-refractivity contribution is 9.10. The standard InChI is InChI=1S/C20H16BrClN4O3S/c1-3-13-6-9-16(22)17(10-13)30(28,29)26-20(27)25-19-23-11-15(21)18(24-19)14-7-4-12(2)5-8-14/h3-11H,1H2,2H3,(H2,23,24,25,26,27). The summed E-state index contributed by atoms with van der Waals surface area (Å²) >= 11 is 9.36. The molecule has 0 fully saturated rings. The molecule has 0 aliphatic heterocycles. The molecule has 2 N–H and O–H groups in total. The summed E-state index contributed by atoms with van der Waals surface area (Å²) in [6.45, 7) is 5.55. The molecule has 30 heavy (non-hydrogen) atoms. The van der Waals surface area contributed by atoms with Crippen LogP contribution in [0.4, 0.5) is 10.7 Å². The molecule has 0 aliphatic rings. The first-order valence-electron chi connectivity index (χ1n) is 8.55. The van der Waals surface area contributed by atoms with Crippen LogP contribution in [0.2, 0.25) is 5.02 Å². The summed E-state index contributed by atoms with van der Waals surface area (Å²) in [7, 11) is -4.22. The molecule has 0 radical (unpaired) electrons. The number of sulfonamides is 1. The van der Waals surface area contributed by atoms with E-state index in [4.69, 9.17) is 11.6 Å². The van der Waals surface area contributed by atoms with Crippen molar-refractivity contribution < 1.29 is 13.2 Å². The molecule has 0 aliphatic carbocycles. The van der Waals surface area contributed by atoms with Gasteiger partial charge in [-0.15, -0.1) is 0 Å². The molecular formula is C20H16BrClN4O3S. The van der Waals surface area contributed by atoms with E-state index in [9.17, 15) is 13.2 Å². The van der Waals surface area contributed by atoms with Gasteiger partial charge in [0.05, 0.1) is 15.2 Å². The zero-order valence-electron chi connectivity index (χ0n) is 15.7. The van der Waals surface area contributed by atoms with Gasteiger partial charge in [0.1, 0.15) is 4.90 Å². The highest BCUT2D eigenvalue weighted by Gasteiger charge is 2.22. The van der Waals surface area contributed by atoms with Gasteiger partial charge in [0, 0.05) is 11.8 Å². The Balaban J connectivity index is 1.82. The Morgan fingerprint density at radius 2 is 1.90 bits per heavy atom. The number of anilines is 1. The fourth-order valence-corrected chi connectivity index (χ4v) is 4.36. The minimum Gasteiger partial charge on any atom is -0.275 e. The fraction of sp³-hybridized carbons (Fsp3) is 0.0500. The second kappa shape index (κ2) is 8.95. The van der Waals surface area contributed by atoms with Gasteiger partial charge in [-0.25, -0.2) is 27.9 Å². The molecule has 2 aromatic carbocycles. The van der Waals surface area contributed by atoms with Gasteiger partial charge in [-0.1, -0.05) is 60.2 Å². The van der Waals surface area contributed by atoms with E-state index in [1.165, 1.54) is 24.4 Å². The molecule has 154 valence electrons. The lowest BCUT2D eigenvalue weighted by Crippen LogP contribution is -2.35. The normalized spacial score (nSPS) is 11.0. The maximum Gasteiger partial charge on any atom is 0.335 e. The van der Waals surface area contributed by atoms with Crippen LogP contribution in [0.1, 0.15) is 11.1 Å². The Morgan fingerprint density at radius 3 is 2.57 bits per heavy atom. The molecule has 0 bridgehead atoms. The van der Waals surface area contributed by atoms with Crippen LogP contribution in [0.15, 0.2) is 64.6 Å². The number of aryl methyl sites for hydroxylation is 1. The number of nitrogens with zero attached hydrogens (tertiary/aromatic N) is 2. The molecule has 0 spiro atoms. The van der Waals surface area contributed by atoms with Crippen LogP contribution in [0.5, 0.6) is 0 Å². The minimum atomic E-state index is -4.22. The fourth-order valence-electron chi connectivity index (χ4n) is 2.50. The highest BCUT2D eigenvalue weighted by Crippen LogP contribution is 2.27. The zero-order valence-corrected chi connectivity index (χ0v) is 18.8. The van der Waals surface area contributed by atoms with Crippen molar-refractivity contribution in [3.8, 4) is 11.3 Å². The third-order valence-electron chi connectivity index (χ3n) is 4.00. The molecule has 3 rings (SSSR count). The smallest absolute Gasteiger partial charge is 0.275 e. The average molecular weight is 508 g/mol. The number of hydrogen-bond acceptors (Lipinski definition) is 5. The van der Waals surface area contributed by atoms with E-state index >= 15 is 0 Å². The third-order valence-corrected chi connectivity index (χ3v) is 6.39. The van der Waals surface area contributed by atoms with Crippen molar-refractivity contribution in [3.63, 3.8) is 0 Å². The van der Waals surface area contributed by atoms with E-state index in [0.29, 0.717) is 15.7 Å². The van der Waals surface area contributed by atoms with Crippen LogP contribution in [-0.4, -0.2) is 24.4 Å². The van der Waals surface area contributed by atoms with Gasteiger partial charge in [-0.05, 0) is 40.5 Å². The predicted octanol–water partition coefficient (Wildman–Crippen LogP) is 5.02. The van der Waals surface area contributed by atoms with E-state index in [1.54, 1.807) is 6.07 Å². The van der Waals surface area contributed by atoms with Crippen LogP contribution in [-0.2, 0) is 10.0 Å². The molecule has 0 atom stereocenters. The van der Waals surface area contributed by atoms with Crippen LogP contribution < -0.4 is 10.0 Å². The number of amides is 2. The van der Waals surface area contributed by atoms with Gasteiger partial charge in [0.2, 0.25) is 5.95 Å². The van der Waals surface area contributed by atoms with Crippen molar-refractivity contribution in [2.75, 3.05) is 5.32 Å². The summed E-state index contributed by atoms with van der Waals surface area (Å²) in [5.41, 5.74) is 2.98. The van der Waals surface area contributed by atoms with Gasteiger partial charge in [0.15, 0.2) is 0 Å². The van der Waals surface area contributed by atoms with Crippen molar-refractivity contribution in [1.82, 2.24) is 14.7 Å². The van der Waals surface area contributed by atoms with Crippen molar-refractivity contribution in [2.45, 2.75) is 11.8 Å². The third kappa shape index (κ3) is 5.05. The summed E-state index contributed by atoms with van der Waals surface area (Å²) in [4.78, 5) is 20.3. The summed E-state index contributed by atoms with van der Waals surface area (Å²) < 4.78 is 27.6. The summed E-state index contributed by atoms with van der Waals surface area (Å²) in [5, 5.41) is 2.30. The lowest BCUT2D eigenvalue weighted by molar-refractivity contribution is 0.256. The average Bonchev–Trinajstić information content (AvgIpc) is 2.70. The molecule has 0 unspecified atom stereocenters. The highest BCUT2D eigenvalue weighted by atomic mass is 79.9. The van der Waals surface area contributed by atoms with Gasteiger partial charge < -0.3 is 0 Å². The van der Waals surface area contributed by atoms with E-state index in [1.807, 2.05) is 35.9 Å². The Labute approximate surface area is 187 Å². The molecule has 2 amide bonds. The summed E-state index contributed by atoms with van der Waals surface area (Å²) in [6.07, 6.45) is 2.94. The van der Waals surface area contributed by atoms with E-state index in [2.05, 4.69) is 37.8 Å². The second-order valence-corrected chi connectivity index (χ2v) is 9.12. The Morgan fingerprint density at radius 1 is 1.20 bits per heavy atom. The van der Waals surface area contributed by atoms with Crippen LogP contribution in [0.3, 0.4) is 0 Å². The number of halogens is 2. The minimum absolute atomic E-state index is 0.0255. The maximum absolute atomic E-state index is 12.6. The van der Waals surface area contributed by atoms with Gasteiger partial charge in [-0.3, -0.25) is 5.32 Å². The van der Waals surface area contributed by atoms with E-state index in [-0.39, 0.29) is 15.9 Å². The summed E-state index contributed by atoms with van der Waals surface area (Å²) in [6, 6.07) is 10.9. The Hall–Kier alpha value is -2.75. The number of carbonyl (C=O) groups is 1. The number of rotatable bonds is 5. The Kier molecular flexibility index (Phi) is 6.55. The monoisotopic (exact) mass is 506 g/mol. The molecule has 1 aromatic heterocycles. The molecule has 10 heteroatoms. The quantitative estimate of drug-likeness (QED) is 0.505. The molecule has 0 saturated carbocycles. The Bertz CT molecular complexity index is 1230. The van der Waals surface area contributed by atoms with Crippen molar-refractivity contribution in [1.29, 1.82) is 0 Å². The number of aromatic nitrogens is 2. The van der Waals surface area contributed by atoms with E-state index < -0.39 is 16.1 Å². The predicted molar refractivity (Wildman–Crippen MR) is 121 cm³/mol. The van der Waals surface area contributed by atoms with Crippen molar-refractivity contribution in [3.05, 3.63) is 75.9 Å². The van der Waals surface area contributed by atoms with Gasteiger partial charge >= 0.3 is 6.03 Å². The topological polar surface area (TPSA) is 101 Å². The van der Waals surface area contributed by atoms with Crippen molar-refractivity contribution in [2.24, 2.45) is 0 Å². The first kappa shape index (κ1) is 21.9. The maximum atomic E-state index is 12.6. The number of nitrogens with one attached hydrogen (secondary N) is 2. The lowest BCUT2D eigenvalue weighted by atomic mass is 10.1. The number of benzene rings is 2. The second-order valence-electron chi connectivity index (χ2n) is 6.21. The number of hydrogen-bond donors (Lipinski definition) is 2. The number of carbonyl (C=O) groups excluding carboxylic acids is 1. The van der Waals surface area contributed by atoms with E-state index in [0.717, 1.165) is 11.1 Å². The molecule has 0 saturated heterocycles. The molecule has 7 nitrogen and oxygen atoms in total. The first-order valence-corrected chi connectivity index (χ1v) is 11.2. The molecular weight excluding hydrogens is 492 g/mol. The summed E-state index contributed by atoms with van der Waals surface area (Å²) in [5.74, 6) is -0.0626. The number of urea groups is 1. The lowest BCUT2D eigenvalue weighted by Gasteiger charge is -2.11. The first-order chi connectivity index (χ1) is 14.2. The molecule has 3 aromatic rings. The SMILES string of the molecule is C=Cc1ccc(Cl)c(S(=O)(=O)NC(=O)Nc2ncc(Br)c(-c3ccc(C)cc3)n2)c1. The van der Waals surface area contributed by atoms with Crippen molar-refractivity contribution >= 4 is 55.6 Å². The van der Waals surface area contributed by atoms with Crippen LogP contribution >= 0.6 is 27.5 Å². The van der Waals surface area contributed by atoms with Gasteiger partial charge in [0.25, 0.3) is 10.0 Å². The van der Waals surface area contributed by atoms with Gasteiger partial charge in [-0.2, -0.15) is 0 Å². The molecule has 1 heterocycles. The van der Waals surface area contributed by atoms with Crippen LogP contribution in [0, 0.1) is 6.92 Å².